The van der Waals surface area contributed by atoms with Crippen LogP contribution in [0.3, 0.4) is 0 Å². The Bertz CT molecular complexity index is 390. The van der Waals surface area contributed by atoms with Crippen LogP contribution in [-0.2, 0) is 0 Å². The van der Waals surface area contributed by atoms with Crippen LogP contribution in [0.15, 0.2) is 12.1 Å². The summed E-state index contributed by atoms with van der Waals surface area (Å²) in [5.41, 5.74) is 2.32. The van der Waals surface area contributed by atoms with Crippen molar-refractivity contribution in [2.45, 2.75) is 39.5 Å². The molecule has 0 unspecified atom stereocenters. The van der Waals surface area contributed by atoms with E-state index in [2.05, 4.69) is 19.9 Å². The number of aryl methyl sites for hydroxylation is 2. The lowest BCUT2D eigenvalue weighted by atomic mass is 10.1. The predicted octanol–water partition coefficient (Wildman–Crippen LogP) is 2.79. The Morgan fingerprint density at radius 3 is 2.58 bits per heavy atom. The molecule has 0 bridgehead atoms. The Hall–Kier alpha value is -0.730. The molecule has 0 atom stereocenters. The van der Waals surface area contributed by atoms with Gasteiger partial charge in [0.05, 0.1) is 31.3 Å². The van der Waals surface area contributed by atoms with E-state index in [1.165, 1.54) is 44.5 Å². The van der Waals surface area contributed by atoms with Crippen LogP contribution >= 0.6 is 11.6 Å². The van der Waals surface area contributed by atoms with Crippen LogP contribution in [-0.4, -0.2) is 26.2 Å². The highest BCUT2D eigenvalue weighted by Crippen LogP contribution is 2.29. The van der Waals surface area contributed by atoms with Gasteiger partial charge in [-0.15, -0.1) is 0 Å². The zero-order chi connectivity index (χ0) is 13.7. The lowest BCUT2D eigenvalue weighted by molar-refractivity contribution is -0.887. The molecule has 1 aromatic carbocycles. The smallest absolute Gasteiger partial charge is 0.140 e. The van der Waals surface area contributed by atoms with Crippen LogP contribution in [0.5, 0.6) is 5.75 Å². The van der Waals surface area contributed by atoms with E-state index in [4.69, 9.17) is 16.3 Å². The van der Waals surface area contributed by atoms with E-state index in [9.17, 15) is 0 Å². The summed E-state index contributed by atoms with van der Waals surface area (Å²) in [5, 5.41) is 0.739. The van der Waals surface area contributed by atoms with Crippen molar-refractivity contribution in [3.63, 3.8) is 0 Å². The van der Waals surface area contributed by atoms with E-state index >= 15 is 0 Å². The number of hydrogen-bond donors (Lipinski definition) is 1. The Kier molecular flexibility index (Phi) is 5.53. The summed E-state index contributed by atoms with van der Waals surface area (Å²) in [6.07, 6.45) is 5.18. The number of nitrogens with one attached hydrogen (secondary N) is 1. The van der Waals surface area contributed by atoms with Crippen molar-refractivity contribution < 1.29 is 9.64 Å². The van der Waals surface area contributed by atoms with Gasteiger partial charge in [-0.3, -0.25) is 0 Å². The summed E-state index contributed by atoms with van der Waals surface area (Å²) < 4.78 is 5.85. The van der Waals surface area contributed by atoms with Crippen LogP contribution in [0.4, 0.5) is 0 Å². The summed E-state index contributed by atoms with van der Waals surface area (Å²) in [6.45, 7) is 8.92. The van der Waals surface area contributed by atoms with Crippen LogP contribution in [0.25, 0.3) is 0 Å². The first kappa shape index (κ1) is 14.7. The molecule has 1 N–H and O–H groups in total. The average Bonchev–Trinajstić information content (AvgIpc) is 2.84. The molecule has 2 rings (SSSR count). The van der Waals surface area contributed by atoms with Crippen molar-refractivity contribution in [1.82, 2.24) is 0 Å². The van der Waals surface area contributed by atoms with Crippen molar-refractivity contribution in [2.75, 3.05) is 26.2 Å². The fraction of sp³-hybridized carbons (Fsp3) is 0.625. The monoisotopic (exact) mass is 282 g/mol. The minimum atomic E-state index is 0.739. The van der Waals surface area contributed by atoms with E-state index < -0.39 is 0 Å². The maximum Gasteiger partial charge on any atom is 0.140 e. The third-order valence-corrected chi connectivity index (χ3v) is 4.14. The molecule has 0 amide bonds. The molecular formula is C16H25ClNO+. The number of rotatable bonds is 6. The van der Waals surface area contributed by atoms with E-state index in [0.29, 0.717) is 0 Å². The number of unbranched alkanes of at least 4 members (excludes halogenated alkanes) is 1. The first-order valence-corrected chi connectivity index (χ1v) is 7.78. The summed E-state index contributed by atoms with van der Waals surface area (Å²) in [6, 6.07) is 4.09. The molecule has 0 spiro atoms. The van der Waals surface area contributed by atoms with E-state index in [-0.39, 0.29) is 0 Å². The lowest BCUT2D eigenvalue weighted by Crippen LogP contribution is -3.09. The SMILES string of the molecule is Cc1cc(C)c(OCCCC[NH+]2CCCC2)c(Cl)c1. The standard InChI is InChI=1S/C16H24ClNO/c1-13-11-14(2)16(15(17)12-13)19-10-6-5-9-18-7-3-4-8-18/h11-12H,3-10H2,1-2H3/p+1. The van der Waals surface area contributed by atoms with Crippen molar-refractivity contribution in [3.8, 4) is 5.75 Å². The maximum absolute atomic E-state index is 6.22. The van der Waals surface area contributed by atoms with Crippen LogP contribution < -0.4 is 9.64 Å². The average molecular weight is 283 g/mol. The molecule has 0 aliphatic carbocycles. The van der Waals surface area contributed by atoms with Crippen molar-refractivity contribution >= 4 is 11.6 Å². The van der Waals surface area contributed by atoms with Gasteiger partial charge in [0.25, 0.3) is 0 Å². The molecule has 2 nitrogen and oxygen atoms in total. The molecule has 1 fully saturated rings. The maximum atomic E-state index is 6.22. The summed E-state index contributed by atoms with van der Waals surface area (Å²) >= 11 is 6.22. The second kappa shape index (κ2) is 7.16. The zero-order valence-corrected chi connectivity index (χ0v) is 12.9. The minimum absolute atomic E-state index is 0.739. The second-order valence-corrected chi connectivity index (χ2v) is 6.06. The van der Waals surface area contributed by atoms with Gasteiger partial charge in [-0.05, 0) is 43.9 Å². The van der Waals surface area contributed by atoms with Gasteiger partial charge >= 0.3 is 0 Å². The fourth-order valence-corrected chi connectivity index (χ4v) is 3.24. The number of benzene rings is 1. The molecule has 1 heterocycles. The van der Waals surface area contributed by atoms with Gasteiger partial charge in [0.15, 0.2) is 0 Å². The van der Waals surface area contributed by atoms with Crippen molar-refractivity contribution in [1.29, 1.82) is 0 Å². The molecule has 1 aliphatic heterocycles. The summed E-state index contributed by atoms with van der Waals surface area (Å²) in [5.74, 6) is 0.862. The predicted molar refractivity (Wildman–Crippen MR) is 80.5 cm³/mol. The van der Waals surface area contributed by atoms with Crippen molar-refractivity contribution in [2.24, 2.45) is 0 Å². The molecular weight excluding hydrogens is 258 g/mol. The van der Waals surface area contributed by atoms with Crippen LogP contribution in [0.2, 0.25) is 5.02 Å². The summed E-state index contributed by atoms with van der Waals surface area (Å²) in [4.78, 5) is 1.77. The molecule has 1 aliphatic rings. The minimum Gasteiger partial charge on any atom is -0.492 e. The van der Waals surface area contributed by atoms with E-state index in [1.54, 1.807) is 4.90 Å². The number of halogens is 1. The van der Waals surface area contributed by atoms with Gasteiger partial charge in [0, 0.05) is 12.8 Å². The Labute approximate surface area is 121 Å². The van der Waals surface area contributed by atoms with E-state index in [0.717, 1.165) is 29.4 Å². The van der Waals surface area contributed by atoms with Gasteiger partial charge in [0.2, 0.25) is 0 Å². The molecule has 106 valence electrons. The highest BCUT2D eigenvalue weighted by atomic mass is 35.5. The molecule has 0 aromatic heterocycles. The van der Waals surface area contributed by atoms with E-state index in [1.807, 2.05) is 6.07 Å². The lowest BCUT2D eigenvalue weighted by Gasteiger charge is -2.13. The third-order valence-electron chi connectivity index (χ3n) is 3.86. The topological polar surface area (TPSA) is 13.7 Å². The van der Waals surface area contributed by atoms with Gasteiger partial charge in [-0.2, -0.15) is 0 Å². The normalized spacial score (nSPS) is 15.9. The second-order valence-electron chi connectivity index (χ2n) is 5.66. The van der Waals surface area contributed by atoms with Crippen LogP contribution in [0, 0.1) is 13.8 Å². The number of hydrogen-bond acceptors (Lipinski definition) is 1. The zero-order valence-electron chi connectivity index (χ0n) is 12.1. The highest BCUT2D eigenvalue weighted by Gasteiger charge is 2.14. The fourth-order valence-electron chi connectivity index (χ4n) is 2.86. The molecule has 0 saturated carbocycles. The quantitative estimate of drug-likeness (QED) is 0.792. The highest BCUT2D eigenvalue weighted by molar-refractivity contribution is 6.32. The molecule has 1 aromatic rings. The first-order valence-electron chi connectivity index (χ1n) is 7.40. The van der Waals surface area contributed by atoms with Crippen LogP contribution in [0.1, 0.15) is 36.8 Å². The number of quaternary nitrogens is 1. The largest absolute Gasteiger partial charge is 0.492 e. The summed E-state index contributed by atoms with van der Waals surface area (Å²) in [7, 11) is 0. The van der Waals surface area contributed by atoms with Crippen molar-refractivity contribution in [3.05, 3.63) is 28.3 Å². The Morgan fingerprint density at radius 1 is 1.16 bits per heavy atom. The molecule has 0 radical (unpaired) electrons. The number of ether oxygens (including phenoxy) is 1. The van der Waals surface area contributed by atoms with Gasteiger partial charge in [0.1, 0.15) is 5.75 Å². The molecule has 3 heteroatoms. The molecule has 1 saturated heterocycles. The Morgan fingerprint density at radius 2 is 1.89 bits per heavy atom. The Balaban J connectivity index is 1.70. The van der Waals surface area contributed by atoms with Gasteiger partial charge < -0.3 is 9.64 Å². The third kappa shape index (κ3) is 4.39. The van der Waals surface area contributed by atoms with Gasteiger partial charge in [-0.1, -0.05) is 17.7 Å². The first-order chi connectivity index (χ1) is 9.16. The molecule has 19 heavy (non-hydrogen) atoms. The number of likely N-dealkylation sites (tertiary alicyclic amines) is 1. The van der Waals surface area contributed by atoms with Gasteiger partial charge in [-0.25, -0.2) is 0 Å².